The van der Waals surface area contributed by atoms with Crippen LogP contribution in [0.3, 0.4) is 0 Å². The molecule has 14 heteroatoms. The molecule has 47 heavy (non-hydrogen) atoms. The van der Waals surface area contributed by atoms with Crippen LogP contribution in [0.4, 0.5) is 11.4 Å². The van der Waals surface area contributed by atoms with E-state index >= 15 is 0 Å². The molecule has 238 valence electrons. The third-order valence-corrected chi connectivity index (χ3v) is 7.91. The summed E-state index contributed by atoms with van der Waals surface area (Å²) in [6, 6.07) is 21.6. The van der Waals surface area contributed by atoms with Crippen LogP contribution in [-0.4, -0.2) is 60.8 Å². The number of carboxylic acids is 1. The van der Waals surface area contributed by atoms with Gasteiger partial charge in [-0.25, -0.2) is 18.2 Å². The Morgan fingerprint density at radius 2 is 1.64 bits per heavy atom. The number of ether oxygens (including phenoxy) is 3. The fourth-order valence-corrected chi connectivity index (χ4v) is 5.53. The number of nitro benzene ring substituents is 1. The quantitative estimate of drug-likeness (QED) is 0.0762. The maximum atomic E-state index is 13.6. The number of pyridine rings is 2. The molecule has 0 saturated carbocycles. The van der Waals surface area contributed by atoms with Crippen molar-refractivity contribution >= 4 is 38.3 Å². The third kappa shape index (κ3) is 8.37. The Labute approximate surface area is 269 Å². The van der Waals surface area contributed by atoms with Crippen molar-refractivity contribution in [3.8, 4) is 23.3 Å². The number of nitrogens with zero attached hydrogens (tertiary/aromatic N) is 3. The van der Waals surface area contributed by atoms with Crippen LogP contribution in [0.5, 0.6) is 11.5 Å². The smallest absolute Gasteiger partial charge is 0.354 e. The van der Waals surface area contributed by atoms with Gasteiger partial charge in [-0.05, 0) is 54.6 Å². The molecule has 2 aromatic heterocycles. The van der Waals surface area contributed by atoms with Crippen molar-refractivity contribution in [2.24, 2.45) is 0 Å². The summed E-state index contributed by atoms with van der Waals surface area (Å²) < 4.78 is 46.7. The maximum absolute atomic E-state index is 13.6. The Hall–Kier alpha value is -6.04. The molecule has 0 unspecified atom stereocenters. The van der Waals surface area contributed by atoms with Crippen LogP contribution < -0.4 is 14.2 Å². The number of hydrogen-bond donors (Lipinski definition) is 2. The summed E-state index contributed by atoms with van der Waals surface area (Å²) in [4.78, 5) is 29.4. The number of benzene rings is 3. The van der Waals surface area contributed by atoms with Gasteiger partial charge in [-0.3, -0.25) is 19.8 Å². The normalized spacial score (nSPS) is 10.9. The average molecular weight is 655 g/mol. The number of fused-ring (bicyclic) bond motifs is 1. The lowest BCUT2D eigenvalue weighted by Gasteiger charge is -2.13. The monoisotopic (exact) mass is 654 g/mol. The van der Waals surface area contributed by atoms with E-state index < -0.39 is 20.9 Å². The molecule has 0 bridgehead atoms. The van der Waals surface area contributed by atoms with E-state index in [2.05, 4.69) is 26.5 Å². The number of sulfonamides is 1. The van der Waals surface area contributed by atoms with Crippen molar-refractivity contribution in [2.45, 2.75) is 4.90 Å². The Morgan fingerprint density at radius 3 is 2.36 bits per heavy atom. The summed E-state index contributed by atoms with van der Waals surface area (Å²) in [6.45, 7) is 0.887. The second kappa shape index (κ2) is 14.8. The van der Waals surface area contributed by atoms with E-state index in [9.17, 15) is 23.3 Å². The van der Waals surface area contributed by atoms with E-state index in [4.69, 9.17) is 19.3 Å². The van der Waals surface area contributed by atoms with E-state index in [0.29, 0.717) is 28.0 Å². The molecule has 0 aliphatic carbocycles. The number of para-hydroxylation sites is 2. The van der Waals surface area contributed by atoms with E-state index in [1.165, 1.54) is 54.9 Å². The van der Waals surface area contributed by atoms with Gasteiger partial charge < -0.3 is 19.3 Å². The van der Waals surface area contributed by atoms with Crippen LogP contribution in [0, 0.1) is 22.0 Å². The molecule has 0 radical (unpaired) electrons. The number of aromatic carboxylic acids is 1. The van der Waals surface area contributed by atoms with Crippen molar-refractivity contribution in [1.82, 2.24) is 9.97 Å². The fourth-order valence-electron chi connectivity index (χ4n) is 4.28. The van der Waals surface area contributed by atoms with Crippen LogP contribution in [0.25, 0.3) is 10.9 Å². The van der Waals surface area contributed by atoms with E-state index in [0.717, 1.165) is 0 Å². The van der Waals surface area contributed by atoms with Gasteiger partial charge in [0.1, 0.15) is 35.3 Å². The van der Waals surface area contributed by atoms with Gasteiger partial charge in [0.05, 0.1) is 29.3 Å². The van der Waals surface area contributed by atoms with Crippen molar-refractivity contribution in [3.63, 3.8) is 0 Å². The van der Waals surface area contributed by atoms with Gasteiger partial charge in [0.2, 0.25) is 0 Å². The minimum absolute atomic E-state index is 0.0236. The number of nitrogens with one attached hydrogen (secondary N) is 1. The zero-order valence-corrected chi connectivity index (χ0v) is 25.3. The number of aromatic nitrogens is 2. The summed E-state index contributed by atoms with van der Waals surface area (Å²) in [6.07, 6.45) is 2.79. The molecule has 2 N–H and O–H groups in total. The van der Waals surface area contributed by atoms with E-state index in [1.807, 2.05) is 0 Å². The summed E-state index contributed by atoms with van der Waals surface area (Å²) in [5.41, 5.74) is 1.17. The first-order valence-corrected chi connectivity index (χ1v) is 15.5. The summed E-state index contributed by atoms with van der Waals surface area (Å²) in [5, 5.41) is 20.3. The molecule has 0 saturated heterocycles. The standard InChI is InChI=1S/C33H26N4O9S/c38-33(39)29-15-9-23(22-35-29)8-10-24-4-1-2-6-28(24)36-47(42,43)31-7-3-5-27-30(16-17-34-32(27)31)46-21-19-44-18-20-45-26-13-11-25(12-14-26)37(40)41/h1-7,9,11-17,22,36H,18-21H2,(H,38,39). The summed E-state index contributed by atoms with van der Waals surface area (Å²) >= 11 is 0. The minimum Gasteiger partial charge on any atom is -0.491 e. The van der Waals surface area contributed by atoms with Crippen LogP contribution in [0.1, 0.15) is 21.6 Å². The first-order valence-electron chi connectivity index (χ1n) is 14.0. The van der Waals surface area contributed by atoms with Gasteiger partial charge in [0, 0.05) is 41.0 Å². The Bertz CT molecular complexity index is 2080. The molecule has 5 aromatic rings. The molecule has 0 aliphatic heterocycles. The Kier molecular flexibility index (Phi) is 10.2. The number of non-ortho nitro benzene ring substituents is 1. The van der Waals surface area contributed by atoms with Crippen LogP contribution in [0.2, 0.25) is 0 Å². The number of carboxylic acid groups (broad SMARTS) is 1. The largest absolute Gasteiger partial charge is 0.491 e. The lowest BCUT2D eigenvalue weighted by atomic mass is 10.1. The van der Waals surface area contributed by atoms with Crippen molar-refractivity contribution in [1.29, 1.82) is 0 Å². The highest BCUT2D eigenvalue weighted by Gasteiger charge is 2.21. The van der Waals surface area contributed by atoms with Crippen LogP contribution in [0.15, 0.2) is 102 Å². The highest BCUT2D eigenvalue weighted by atomic mass is 32.2. The SMILES string of the molecule is O=C(O)c1ccc(C#Cc2ccccc2NS(=O)(=O)c2cccc3c(OCCOCCOc4ccc([N+](=O)[O-])cc4)ccnc23)cn1. The van der Waals surface area contributed by atoms with Crippen LogP contribution in [-0.2, 0) is 14.8 Å². The predicted octanol–water partition coefficient (Wildman–Crippen LogP) is 4.91. The summed E-state index contributed by atoms with van der Waals surface area (Å²) in [7, 11) is -4.13. The lowest BCUT2D eigenvalue weighted by molar-refractivity contribution is -0.384. The van der Waals surface area contributed by atoms with Gasteiger partial charge in [0.25, 0.3) is 15.7 Å². The van der Waals surface area contributed by atoms with Gasteiger partial charge in [-0.2, -0.15) is 0 Å². The first kappa shape index (κ1) is 32.4. The number of carbonyl (C=O) groups is 1. The van der Waals surface area contributed by atoms with Gasteiger partial charge in [0.15, 0.2) is 0 Å². The van der Waals surface area contributed by atoms with Crippen molar-refractivity contribution < 1.29 is 37.5 Å². The van der Waals surface area contributed by atoms with Gasteiger partial charge in [-0.1, -0.05) is 30.0 Å². The van der Waals surface area contributed by atoms with E-state index in [-0.39, 0.29) is 53.9 Å². The van der Waals surface area contributed by atoms with Crippen LogP contribution >= 0.6 is 0 Å². The average Bonchev–Trinajstić information content (AvgIpc) is 3.07. The second-order valence-electron chi connectivity index (χ2n) is 9.66. The molecule has 2 heterocycles. The number of rotatable bonds is 13. The highest BCUT2D eigenvalue weighted by Crippen LogP contribution is 2.30. The Balaban J connectivity index is 1.21. The molecule has 13 nitrogen and oxygen atoms in total. The molecular weight excluding hydrogens is 628 g/mol. The Morgan fingerprint density at radius 1 is 0.872 bits per heavy atom. The van der Waals surface area contributed by atoms with Crippen molar-refractivity contribution in [2.75, 3.05) is 31.1 Å². The molecule has 0 atom stereocenters. The number of anilines is 1. The minimum atomic E-state index is -4.13. The number of hydrogen-bond acceptors (Lipinski definition) is 10. The maximum Gasteiger partial charge on any atom is 0.354 e. The van der Waals surface area contributed by atoms with Gasteiger partial charge >= 0.3 is 5.97 Å². The zero-order chi connectivity index (χ0) is 33.2. The van der Waals surface area contributed by atoms with E-state index in [1.54, 1.807) is 42.5 Å². The predicted molar refractivity (Wildman–Crippen MR) is 171 cm³/mol. The van der Waals surface area contributed by atoms with Gasteiger partial charge in [-0.15, -0.1) is 0 Å². The molecule has 0 amide bonds. The fraction of sp³-hybridized carbons (Fsp3) is 0.121. The lowest BCUT2D eigenvalue weighted by Crippen LogP contribution is -2.15. The van der Waals surface area contributed by atoms with Crippen molar-refractivity contribution in [3.05, 3.63) is 124 Å². The first-order chi connectivity index (χ1) is 22.7. The molecule has 0 fully saturated rings. The third-order valence-electron chi connectivity index (χ3n) is 6.51. The second-order valence-corrected chi connectivity index (χ2v) is 11.3. The molecule has 0 aliphatic rings. The summed E-state index contributed by atoms with van der Waals surface area (Å²) in [5.74, 6) is 5.54. The zero-order valence-electron chi connectivity index (χ0n) is 24.5. The highest BCUT2D eigenvalue weighted by molar-refractivity contribution is 7.93. The molecule has 5 rings (SSSR count). The molecular formula is C33H26N4O9S. The molecule has 0 spiro atoms. The topological polar surface area (TPSA) is 180 Å². The molecule has 3 aromatic carbocycles. The number of nitro groups is 1.